The number of likely N-dealkylation sites (tertiary alicyclic amines) is 1. The van der Waals surface area contributed by atoms with Crippen LogP contribution in [0.15, 0.2) is 41.5 Å². The molecule has 0 spiro atoms. The number of carbonyl (C=O) groups is 2. The SMILES string of the molecule is CNC(=O)c1cc(OC2CN(C(=O)N3N=CCC3c3cc(F)cc(F)c3)C2)ccc1Cl. The van der Waals surface area contributed by atoms with Gasteiger partial charge in [-0.1, -0.05) is 11.6 Å². The Hall–Kier alpha value is -3.20. The number of hydrogen-bond donors (Lipinski definition) is 1. The molecule has 1 atom stereocenters. The molecule has 0 aliphatic carbocycles. The molecule has 1 fully saturated rings. The van der Waals surface area contributed by atoms with E-state index in [4.69, 9.17) is 16.3 Å². The van der Waals surface area contributed by atoms with Crippen molar-refractivity contribution in [3.63, 3.8) is 0 Å². The molecule has 1 saturated heterocycles. The molecule has 2 aliphatic rings. The summed E-state index contributed by atoms with van der Waals surface area (Å²) >= 11 is 6.04. The van der Waals surface area contributed by atoms with Crippen molar-refractivity contribution in [3.8, 4) is 5.75 Å². The van der Waals surface area contributed by atoms with Crippen LogP contribution in [-0.2, 0) is 0 Å². The molecule has 3 amide bonds. The summed E-state index contributed by atoms with van der Waals surface area (Å²) in [6, 6.07) is 7.03. The molecule has 2 aromatic rings. The van der Waals surface area contributed by atoms with E-state index in [1.165, 1.54) is 29.1 Å². The number of amides is 3. The maximum absolute atomic E-state index is 13.6. The zero-order valence-electron chi connectivity index (χ0n) is 16.5. The molecule has 0 radical (unpaired) electrons. The van der Waals surface area contributed by atoms with Gasteiger partial charge in [-0.2, -0.15) is 5.10 Å². The molecule has 0 aromatic heterocycles. The third-order valence-electron chi connectivity index (χ3n) is 5.13. The van der Waals surface area contributed by atoms with Crippen LogP contribution in [0, 0.1) is 11.6 Å². The van der Waals surface area contributed by atoms with E-state index in [2.05, 4.69) is 10.4 Å². The topological polar surface area (TPSA) is 74.2 Å². The number of benzene rings is 2. The van der Waals surface area contributed by atoms with Crippen LogP contribution in [0.4, 0.5) is 13.6 Å². The largest absolute Gasteiger partial charge is 0.487 e. The Morgan fingerprint density at radius 3 is 2.55 bits per heavy atom. The van der Waals surface area contributed by atoms with Gasteiger partial charge in [0, 0.05) is 25.7 Å². The number of halogens is 3. The van der Waals surface area contributed by atoms with E-state index in [0.717, 1.165) is 6.07 Å². The predicted octanol–water partition coefficient (Wildman–Crippen LogP) is 3.59. The third kappa shape index (κ3) is 4.32. The van der Waals surface area contributed by atoms with Gasteiger partial charge in [0.15, 0.2) is 0 Å². The summed E-state index contributed by atoms with van der Waals surface area (Å²) in [4.78, 5) is 26.2. The van der Waals surface area contributed by atoms with Crippen LogP contribution in [-0.4, -0.2) is 54.3 Å². The Morgan fingerprint density at radius 1 is 1.16 bits per heavy atom. The monoisotopic (exact) mass is 448 g/mol. The Labute approximate surface area is 182 Å². The summed E-state index contributed by atoms with van der Waals surface area (Å²) in [7, 11) is 1.51. The first-order valence-corrected chi connectivity index (χ1v) is 9.98. The summed E-state index contributed by atoms with van der Waals surface area (Å²) in [5.74, 6) is -1.27. The van der Waals surface area contributed by atoms with Crippen molar-refractivity contribution >= 4 is 29.8 Å². The second-order valence-electron chi connectivity index (χ2n) is 7.25. The van der Waals surface area contributed by atoms with Gasteiger partial charge in [-0.05, 0) is 35.9 Å². The minimum atomic E-state index is -0.703. The fraction of sp³-hybridized carbons (Fsp3) is 0.286. The smallest absolute Gasteiger partial charge is 0.341 e. The molecular formula is C21H19ClF2N4O3. The van der Waals surface area contributed by atoms with E-state index in [1.54, 1.807) is 24.4 Å². The lowest BCUT2D eigenvalue weighted by atomic mass is 10.0. The highest BCUT2D eigenvalue weighted by atomic mass is 35.5. The van der Waals surface area contributed by atoms with Crippen molar-refractivity contribution in [2.24, 2.45) is 5.10 Å². The van der Waals surface area contributed by atoms with Gasteiger partial charge in [-0.3, -0.25) is 4.79 Å². The molecule has 4 rings (SSSR count). The second-order valence-corrected chi connectivity index (χ2v) is 7.65. The van der Waals surface area contributed by atoms with Crippen LogP contribution in [0.25, 0.3) is 0 Å². The second kappa shape index (κ2) is 8.50. The number of carbonyl (C=O) groups excluding carboxylic acids is 2. The van der Waals surface area contributed by atoms with Gasteiger partial charge in [0.05, 0.1) is 29.7 Å². The highest BCUT2D eigenvalue weighted by Gasteiger charge is 2.39. The Balaban J connectivity index is 1.38. The molecule has 2 aliphatic heterocycles. The van der Waals surface area contributed by atoms with Crippen LogP contribution in [0.3, 0.4) is 0 Å². The number of hydrogen-bond acceptors (Lipinski definition) is 4. The predicted molar refractivity (Wildman–Crippen MR) is 110 cm³/mol. The average molecular weight is 449 g/mol. The quantitative estimate of drug-likeness (QED) is 0.776. The first-order valence-electron chi connectivity index (χ1n) is 9.60. The number of urea groups is 1. The van der Waals surface area contributed by atoms with Crippen LogP contribution >= 0.6 is 11.6 Å². The lowest BCUT2D eigenvalue weighted by Crippen LogP contribution is -2.58. The van der Waals surface area contributed by atoms with Gasteiger partial charge in [0.2, 0.25) is 0 Å². The highest BCUT2D eigenvalue weighted by molar-refractivity contribution is 6.33. The Bertz CT molecular complexity index is 1040. The normalized spacial score (nSPS) is 18.1. The van der Waals surface area contributed by atoms with Crippen molar-refractivity contribution in [2.45, 2.75) is 18.6 Å². The van der Waals surface area contributed by atoms with E-state index in [1.807, 2.05) is 0 Å². The molecular weight excluding hydrogens is 430 g/mol. The zero-order chi connectivity index (χ0) is 22.1. The minimum Gasteiger partial charge on any atom is -0.487 e. The van der Waals surface area contributed by atoms with E-state index < -0.39 is 17.7 Å². The van der Waals surface area contributed by atoms with E-state index in [9.17, 15) is 18.4 Å². The Kier molecular flexibility index (Phi) is 5.77. The summed E-state index contributed by atoms with van der Waals surface area (Å²) in [6.45, 7) is 0.625. The van der Waals surface area contributed by atoms with Gasteiger partial charge in [0.1, 0.15) is 23.5 Å². The summed E-state index contributed by atoms with van der Waals surface area (Å²) in [5, 5.41) is 8.14. The number of nitrogens with one attached hydrogen (secondary N) is 1. The zero-order valence-corrected chi connectivity index (χ0v) is 17.3. The molecule has 0 bridgehead atoms. The van der Waals surface area contributed by atoms with Crippen LogP contribution in [0.5, 0.6) is 5.75 Å². The number of nitrogens with zero attached hydrogens (tertiary/aromatic N) is 3. The van der Waals surface area contributed by atoms with Crippen molar-refractivity contribution in [3.05, 3.63) is 64.2 Å². The van der Waals surface area contributed by atoms with Crippen molar-refractivity contribution in [2.75, 3.05) is 20.1 Å². The lowest BCUT2D eigenvalue weighted by molar-refractivity contribution is 0.0277. The maximum Gasteiger partial charge on any atom is 0.341 e. The van der Waals surface area contributed by atoms with E-state index in [0.29, 0.717) is 41.4 Å². The van der Waals surface area contributed by atoms with Gasteiger partial charge >= 0.3 is 6.03 Å². The molecule has 10 heteroatoms. The van der Waals surface area contributed by atoms with Crippen LogP contribution in [0.2, 0.25) is 5.02 Å². The van der Waals surface area contributed by atoms with Gasteiger partial charge < -0.3 is 15.0 Å². The average Bonchev–Trinajstić information content (AvgIpc) is 3.19. The highest BCUT2D eigenvalue weighted by Crippen LogP contribution is 2.32. The fourth-order valence-corrected chi connectivity index (χ4v) is 3.74. The van der Waals surface area contributed by atoms with Gasteiger partial charge in [0.25, 0.3) is 5.91 Å². The molecule has 1 N–H and O–H groups in total. The lowest BCUT2D eigenvalue weighted by Gasteiger charge is -2.41. The molecule has 7 nitrogen and oxygen atoms in total. The molecule has 2 heterocycles. The molecule has 2 aromatic carbocycles. The number of ether oxygens (including phenoxy) is 1. The van der Waals surface area contributed by atoms with E-state index in [-0.39, 0.29) is 18.0 Å². The number of hydrazone groups is 1. The van der Waals surface area contributed by atoms with E-state index >= 15 is 0 Å². The summed E-state index contributed by atoms with van der Waals surface area (Å²) in [6.07, 6.45) is 1.65. The molecule has 162 valence electrons. The molecule has 0 saturated carbocycles. The first-order chi connectivity index (χ1) is 14.9. The molecule has 31 heavy (non-hydrogen) atoms. The summed E-state index contributed by atoms with van der Waals surface area (Å²) < 4.78 is 33.0. The minimum absolute atomic E-state index is 0.265. The Morgan fingerprint density at radius 2 is 1.87 bits per heavy atom. The van der Waals surface area contributed by atoms with Crippen molar-refractivity contribution < 1.29 is 23.1 Å². The van der Waals surface area contributed by atoms with Crippen LogP contribution in [0.1, 0.15) is 28.4 Å². The fourth-order valence-electron chi connectivity index (χ4n) is 3.54. The first kappa shape index (κ1) is 21.0. The third-order valence-corrected chi connectivity index (χ3v) is 5.46. The number of rotatable bonds is 4. The summed E-state index contributed by atoms with van der Waals surface area (Å²) in [5.41, 5.74) is 0.644. The van der Waals surface area contributed by atoms with Crippen molar-refractivity contribution in [1.82, 2.24) is 15.2 Å². The van der Waals surface area contributed by atoms with Crippen molar-refractivity contribution in [1.29, 1.82) is 0 Å². The van der Waals surface area contributed by atoms with Crippen LogP contribution < -0.4 is 10.1 Å². The van der Waals surface area contributed by atoms with Gasteiger partial charge in [-0.15, -0.1) is 0 Å². The molecule has 1 unspecified atom stereocenters. The standard InChI is InChI=1S/C21H19ClF2N4O3/c1-25-20(29)17-9-15(2-3-18(17)22)31-16-10-27(11-16)21(30)28-19(4-5-26-28)12-6-13(23)8-14(24)7-12/h2-3,5-9,16,19H,4,10-11H2,1H3,(H,25,29). The maximum atomic E-state index is 13.6. The van der Waals surface area contributed by atoms with Gasteiger partial charge in [-0.25, -0.2) is 18.6 Å².